The predicted molar refractivity (Wildman–Crippen MR) is 107 cm³/mol. The number of nitrogens with one attached hydrogen (secondary N) is 1. The lowest BCUT2D eigenvalue weighted by atomic mass is 10.2. The van der Waals surface area contributed by atoms with Gasteiger partial charge in [-0.2, -0.15) is 0 Å². The van der Waals surface area contributed by atoms with Gasteiger partial charge in [-0.25, -0.2) is 0 Å². The van der Waals surface area contributed by atoms with Gasteiger partial charge < -0.3 is 5.32 Å². The Morgan fingerprint density at radius 3 is 2.81 bits per heavy atom. The maximum Gasteiger partial charge on any atom is 0.237 e. The van der Waals surface area contributed by atoms with E-state index in [2.05, 4.69) is 25.1 Å². The van der Waals surface area contributed by atoms with Gasteiger partial charge in [-0.3, -0.25) is 14.3 Å². The van der Waals surface area contributed by atoms with Gasteiger partial charge in [0.1, 0.15) is 0 Å². The quantitative estimate of drug-likeness (QED) is 0.653. The SMILES string of the molecule is Cc1cccc(NC(=O)[C@H](C)Sc2nnc(-c3cccnc3)n2C2CC2)c1. The third kappa shape index (κ3) is 4.03. The van der Waals surface area contributed by atoms with Crippen molar-refractivity contribution < 1.29 is 4.79 Å². The van der Waals surface area contributed by atoms with E-state index in [-0.39, 0.29) is 11.2 Å². The van der Waals surface area contributed by atoms with Crippen molar-refractivity contribution in [2.45, 2.75) is 43.1 Å². The second-order valence-corrected chi connectivity index (χ2v) is 8.08. The number of hydrogen-bond acceptors (Lipinski definition) is 5. The van der Waals surface area contributed by atoms with Crippen LogP contribution >= 0.6 is 11.8 Å². The molecule has 27 heavy (non-hydrogen) atoms. The van der Waals surface area contributed by atoms with Crippen molar-refractivity contribution >= 4 is 23.4 Å². The molecule has 1 aromatic carbocycles. The minimum absolute atomic E-state index is 0.0427. The number of aryl methyl sites for hydroxylation is 1. The van der Waals surface area contributed by atoms with Crippen LogP contribution in [0.2, 0.25) is 0 Å². The predicted octanol–water partition coefficient (Wildman–Crippen LogP) is 4.10. The molecule has 3 aromatic rings. The van der Waals surface area contributed by atoms with Crippen molar-refractivity contribution in [3.8, 4) is 11.4 Å². The average Bonchev–Trinajstić information content (AvgIpc) is 3.42. The Hall–Kier alpha value is -2.67. The topological polar surface area (TPSA) is 72.7 Å². The second-order valence-electron chi connectivity index (χ2n) is 6.77. The van der Waals surface area contributed by atoms with E-state index in [0.29, 0.717) is 6.04 Å². The first kappa shape index (κ1) is 17.7. The molecule has 1 atom stereocenters. The highest BCUT2D eigenvalue weighted by Crippen LogP contribution is 2.41. The number of rotatable bonds is 6. The Labute approximate surface area is 162 Å². The summed E-state index contributed by atoms with van der Waals surface area (Å²) in [5.74, 6) is 0.776. The van der Waals surface area contributed by atoms with Crippen molar-refractivity contribution in [2.24, 2.45) is 0 Å². The van der Waals surface area contributed by atoms with Crippen LogP contribution in [-0.2, 0) is 4.79 Å². The number of nitrogens with zero attached hydrogens (tertiary/aromatic N) is 4. The molecule has 4 rings (SSSR count). The van der Waals surface area contributed by atoms with Crippen molar-refractivity contribution in [2.75, 3.05) is 5.32 Å². The second kappa shape index (κ2) is 7.52. The van der Waals surface area contributed by atoms with Crippen molar-refractivity contribution in [3.63, 3.8) is 0 Å². The molecule has 0 spiro atoms. The number of pyridine rings is 1. The summed E-state index contributed by atoms with van der Waals surface area (Å²) in [6.07, 6.45) is 5.77. The number of carbonyl (C=O) groups is 1. The van der Waals surface area contributed by atoms with Crippen LogP contribution in [-0.4, -0.2) is 30.9 Å². The molecule has 0 aliphatic heterocycles. The third-order valence-corrected chi connectivity index (χ3v) is 5.49. The molecule has 1 aliphatic rings. The molecule has 1 N–H and O–H groups in total. The third-order valence-electron chi connectivity index (χ3n) is 4.43. The summed E-state index contributed by atoms with van der Waals surface area (Å²) >= 11 is 1.44. The van der Waals surface area contributed by atoms with Gasteiger partial charge in [0.25, 0.3) is 0 Å². The summed E-state index contributed by atoms with van der Waals surface area (Å²) in [5, 5.41) is 12.2. The Kier molecular flexibility index (Phi) is 4.94. The molecule has 1 fully saturated rings. The van der Waals surface area contributed by atoms with Crippen molar-refractivity contribution in [3.05, 3.63) is 54.4 Å². The maximum absolute atomic E-state index is 12.6. The van der Waals surface area contributed by atoms with E-state index in [1.165, 1.54) is 11.8 Å². The van der Waals surface area contributed by atoms with Crippen molar-refractivity contribution in [1.29, 1.82) is 0 Å². The molecule has 2 aromatic heterocycles. The molecule has 7 heteroatoms. The van der Waals surface area contributed by atoms with Gasteiger partial charge in [-0.1, -0.05) is 23.9 Å². The van der Waals surface area contributed by atoms with E-state index in [1.54, 1.807) is 12.4 Å². The average molecular weight is 379 g/mol. The fraction of sp³-hybridized carbons (Fsp3) is 0.300. The minimum atomic E-state index is -0.283. The van der Waals surface area contributed by atoms with E-state index >= 15 is 0 Å². The molecule has 0 radical (unpaired) electrons. The van der Waals surface area contributed by atoms with Crippen LogP contribution in [0.15, 0.2) is 53.9 Å². The number of hydrogen-bond donors (Lipinski definition) is 1. The fourth-order valence-electron chi connectivity index (χ4n) is 2.89. The van der Waals surface area contributed by atoms with Gasteiger partial charge in [-0.05, 0) is 56.5 Å². The zero-order chi connectivity index (χ0) is 18.8. The minimum Gasteiger partial charge on any atom is -0.325 e. The van der Waals surface area contributed by atoms with Gasteiger partial charge in [-0.15, -0.1) is 10.2 Å². The smallest absolute Gasteiger partial charge is 0.237 e. The number of benzene rings is 1. The zero-order valence-corrected chi connectivity index (χ0v) is 16.1. The Morgan fingerprint density at radius 2 is 2.11 bits per heavy atom. The first-order valence-corrected chi connectivity index (χ1v) is 9.89. The van der Waals surface area contributed by atoms with Crippen molar-refractivity contribution in [1.82, 2.24) is 19.7 Å². The largest absolute Gasteiger partial charge is 0.325 e. The van der Waals surface area contributed by atoms with Crippen LogP contribution < -0.4 is 5.32 Å². The van der Waals surface area contributed by atoms with Crippen LogP contribution in [0.5, 0.6) is 0 Å². The molecule has 2 heterocycles. The van der Waals surface area contributed by atoms with E-state index in [1.807, 2.05) is 50.2 Å². The molecule has 1 aliphatic carbocycles. The summed E-state index contributed by atoms with van der Waals surface area (Å²) in [5.41, 5.74) is 2.87. The summed E-state index contributed by atoms with van der Waals surface area (Å²) in [6.45, 7) is 3.90. The Bertz CT molecular complexity index is 952. The summed E-state index contributed by atoms with van der Waals surface area (Å²) < 4.78 is 2.15. The van der Waals surface area contributed by atoms with E-state index < -0.39 is 0 Å². The lowest BCUT2D eigenvalue weighted by Crippen LogP contribution is -2.23. The number of aromatic nitrogens is 4. The van der Waals surface area contributed by atoms with Crippen LogP contribution in [0.25, 0.3) is 11.4 Å². The molecule has 1 saturated carbocycles. The molecule has 0 bridgehead atoms. The molecule has 0 unspecified atom stereocenters. The number of carbonyl (C=O) groups excluding carboxylic acids is 1. The Morgan fingerprint density at radius 1 is 1.26 bits per heavy atom. The number of amides is 1. The zero-order valence-electron chi connectivity index (χ0n) is 15.3. The molecule has 138 valence electrons. The van der Waals surface area contributed by atoms with Crippen LogP contribution in [0, 0.1) is 6.92 Å². The highest BCUT2D eigenvalue weighted by molar-refractivity contribution is 8.00. The van der Waals surface area contributed by atoms with Gasteiger partial charge >= 0.3 is 0 Å². The maximum atomic E-state index is 12.6. The monoisotopic (exact) mass is 379 g/mol. The molecular formula is C20H21N5OS. The first-order chi connectivity index (χ1) is 13.1. The Balaban J connectivity index is 1.52. The van der Waals surface area contributed by atoms with Gasteiger partial charge in [0.2, 0.25) is 5.91 Å². The van der Waals surface area contributed by atoms with E-state index in [0.717, 1.165) is 40.6 Å². The molecular weight excluding hydrogens is 358 g/mol. The molecule has 1 amide bonds. The standard InChI is InChI=1S/C20H21N5OS/c1-13-5-3-7-16(11-13)22-19(26)14(2)27-20-24-23-18(25(20)17-8-9-17)15-6-4-10-21-12-15/h3-7,10-12,14,17H,8-9H2,1-2H3,(H,22,26)/t14-/m0/s1. The highest BCUT2D eigenvalue weighted by Gasteiger charge is 2.31. The summed E-state index contributed by atoms with van der Waals surface area (Å²) in [7, 11) is 0. The van der Waals surface area contributed by atoms with Crippen LogP contribution in [0.3, 0.4) is 0 Å². The molecule has 6 nitrogen and oxygen atoms in total. The fourth-order valence-corrected chi connectivity index (χ4v) is 3.81. The first-order valence-electron chi connectivity index (χ1n) is 9.01. The van der Waals surface area contributed by atoms with Gasteiger partial charge in [0.15, 0.2) is 11.0 Å². The lowest BCUT2D eigenvalue weighted by molar-refractivity contribution is -0.115. The van der Waals surface area contributed by atoms with E-state index in [9.17, 15) is 4.79 Å². The van der Waals surface area contributed by atoms with Gasteiger partial charge in [0, 0.05) is 29.7 Å². The lowest BCUT2D eigenvalue weighted by Gasteiger charge is -2.13. The number of thioether (sulfide) groups is 1. The number of anilines is 1. The van der Waals surface area contributed by atoms with E-state index in [4.69, 9.17) is 0 Å². The van der Waals surface area contributed by atoms with Crippen LogP contribution in [0.4, 0.5) is 5.69 Å². The summed E-state index contributed by atoms with van der Waals surface area (Å²) in [4.78, 5) is 16.8. The summed E-state index contributed by atoms with van der Waals surface area (Å²) in [6, 6.07) is 12.1. The normalized spacial score (nSPS) is 14.7. The van der Waals surface area contributed by atoms with Gasteiger partial charge in [0.05, 0.1) is 5.25 Å². The molecule has 0 saturated heterocycles. The highest BCUT2D eigenvalue weighted by atomic mass is 32.2. The van der Waals surface area contributed by atoms with Crippen LogP contribution in [0.1, 0.15) is 31.4 Å².